The number of methoxy groups -OCH3 is 1. The maximum absolute atomic E-state index is 12.8. The Hall–Kier alpha value is -1.55. The minimum atomic E-state index is -0.0481. The van der Waals surface area contributed by atoms with Crippen LogP contribution >= 0.6 is 0 Å². The van der Waals surface area contributed by atoms with Crippen LogP contribution in [0.5, 0.6) is 5.75 Å². The maximum atomic E-state index is 12.8. The van der Waals surface area contributed by atoms with Crippen LogP contribution < -0.4 is 10.5 Å². The minimum absolute atomic E-state index is 0.0481. The van der Waals surface area contributed by atoms with Crippen molar-refractivity contribution < 1.29 is 9.53 Å². The van der Waals surface area contributed by atoms with Gasteiger partial charge in [-0.05, 0) is 50.9 Å². The van der Waals surface area contributed by atoms with E-state index in [0.29, 0.717) is 23.0 Å². The SMILES string of the molecule is CCC(C(=O)c1ccc(OC)c(N)c1)N1CCCCC1C. The van der Waals surface area contributed by atoms with Crippen molar-refractivity contribution in [3.8, 4) is 5.75 Å². The van der Waals surface area contributed by atoms with E-state index in [1.165, 1.54) is 19.3 Å². The number of likely N-dealkylation sites (tertiary alicyclic amines) is 1. The van der Waals surface area contributed by atoms with Gasteiger partial charge in [-0.25, -0.2) is 0 Å². The molecule has 0 spiro atoms. The molecule has 1 aromatic rings. The average Bonchev–Trinajstić information content (AvgIpc) is 2.49. The third kappa shape index (κ3) is 3.38. The van der Waals surface area contributed by atoms with Gasteiger partial charge in [0.25, 0.3) is 0 Å². The molecular weight excluding hydrogens is 264 g/mol. The van der Waals surface area contributed by atoms with Crippen LogP contribution in [-0.4, -0.2) is 36.4 Å². The summed E-state index contributed by atoms with van der Waals surface area (Å²) in [6, 6.07) is 5.75. The lowest BCUT2D eigenvalue weighted by molar-refractivity contribution is 0.0655. The van der Waals surface area contributed by atoms with E-state index >= 15 is 0 Å². The topological polar surface area (TPSA) is 55.6 Å². The van der Waals surface area contributed by atoms with Gasteiger partial charge in [0.15, 0.2) is 5.78 Å². The molecule has 4 nitrogen and oxygen atoms in total. The van der Waals surface area contributed by atoms with Crippen molar-refractivity contribution in [2.45, 2.75) is 51.6 Å². The molecule has 0 saturated carbocycles. The summed E-state index contributed by atoms with van der Waals surface area (Å²) < 4.78 is 5.15. The first kappa shape index (κ1) is 15.8. The third-order valence-electron chi connectivity index (χ3n) is 4.46. The number of hydrogen-bond donors (Lipinski definition) is 1. The summed E-state index contributed by atoms with van der Waals surface area (Å²) in [5.74, 6) is 0.784. The zero-order valence-electron chi connectivity index (χ0n) is 13.3. The van der Waals surface area contributed by atoms with E-state index < -0.39 is 0 Å². The molecule has 0 bridgehead atoms. The summed E-state index contributed by atoms with van der Waals surface area (Å²) in [4.78, 5) is 15.2. The molecule has 0 amide bonds. The number of ketones is 1. The largest absolute Gasteiger partial charge is 0.495 e. The highest BCUT2D eigenvalue weighted by atomic mass is 16.5. The summed E-state index contributed by atoms with van der Waals surface area (Å²) in [5, 5.41) is 0. The first-order valence-electron chi connectivity index (χ1n) is 7.82. The average molecular weight is 290 g/mol. The molecule has 21 heavy (non-hydrogen) atoms. The second-order valence-electron chi connectivity index (χ2n) is 5.83. The van der Waals surface area contributed by atoms with E-state index in [1.807, 2.05) is 6.07 Å². The predicted molar refractivity (Wildman–Crippen MR) is 85.8 cm³/mol. The molecule has 1 aliphatic rings. The van der Waals surface area contributed by atoms with Gasteiger partial charge in [-0.3, -0.25) is 9.69 Å². The number of carbonyl (C=O) groups excluding carboxylic acids is 1. The molecule has 2 unspecified atom stereocenters. The van der Waals surface area contributed by atoms with Crippen molar-refractivity contribution in [3.63, 3.8) is 0 Å². The molecule has 1 heterocycles. The van der Waals surface area contributed by atoms with Gasteiger partial charge >= 0.3 is 0 Å². The number of Topliss-reactive ketones (excluding diaryl/α,β-unsaturated/α-hetero) is 1. The quantitative estimate of drug-likeness (QED) is 0.668. The molecule has 1 saturated heterocycles. The van der Waals surface area contributed by atoms with Gasteiger partial charge in [-0.2, -0.15) is 0 Å². The molecule has 4 heteroatoms. The first-order chi connectivity index (χ1) is 10.1. The lowest BCUT2D eigenvalue weighted by atomic mass is 9.94. The number of benzene rings is 1. The molecule has 0 radical (unpaired) electrons. The molecule has 1 aromatic carbocycles. The second kappa shape index (κ2) is 6.94. The van der Waals surface area contributed by atoms with Crippen LogP contribution in [0.3, 0.4) is 0 Å². The summed E-state index contributed by atoms with van der Waals surface area (Å²) in [5.41, 5.74) is 7.12. The van der Waals surface area contributed by atoms with E-state index in [0.717, 1.165) is 13.0 Å². The van der Waals surface area contributed by atoms with Crippen LogP contribution in [0.25, 0.3) is 0 Å². The van der Waals surface area contributed by atoms with Crippen LogP contribution in [0, 0.1) is 0 Å². The fourth-order valence-corrected chi connectivity index (χ4v) is 3.23. The number of carbonyl (C=O) groups is 1. The molecule has 2 rings (SSSR count). The number of anilines is 1. The molecule has 1 aliphatic heterocycles. The normalized spacial score (nSPS) is 21.0. The number of nitrogen functional groups attached to an aromatic ring is 1. The summed E-state index contributed by atoms with van der Waals surface area (Å²) in [6.45, 7) is 5.31. The van der Waals surface area contributed by atoms with Crippen molar-refractivity contribution in [3.05, 3.63) is 23.8 Å². The Labute approximate surface area is 127 Å². The Kier molecular flexibility index (Phi) is 5.23. The summed E-state index contributed by atoms with van der Waals surface area (Å²) >= 11 is 0. The Balaban J connectivity index is 2.21. The van der Waals surface area contributed by atoms with Crippen LogP contribution in [0.2, 0.25) is 0 Å². The van der Waals surface area contributed by atoms with E-state index in [2.05, 4.69) is 18.7 Å². The van der Waals surface area contributed by atoms with Gasteiger partial charge in [0.2, 0.25) is 0 Å². The van der Waals surface area contributed by atoms with Gasteiger partial charge in [0.05, 0.1) is 18.8 Å². The fraction of sp³-hybridized carbons (Fsp3) is 0.588. The number of nitrogens with zero attached hydrogens (tertiary/aromatic N) is 1. The molecule has 2 atom stereocenters. The van der Waals surface area contributed by atoms with E-state index in [-0.39, 0.29) is 11.8 Å². The van der Waals surface area contributed by atoms with E-state index in [4.69, 9.17) is 10.5 Å². The number of piperidine rings is 1. The first-order valence-corrected chi connectivity index (χ1v) is 7.82. The van der Waals surface area contributed by atoms with Crippen molar-refractivity contribution in [2.75, 3.05) is 19.4 Å². The zero-order valence-corrected chi connectivity index (χ0v) is 13.3. The molecule has 2 N–H and O–H groups in total. The molecule has 0 aliphatic carbocycles. The van der Waals surface area contributed by atoms with Gasteiger partial charge in [0, 0.05) is 11.6 Å². The fourth-order valence-electron chi connectivity index (χ4n) is 3.23. The van der Waals surface area contributed by atoms with Gasteiger partial charge in [0.1, 0.15) is 5.75 Å². The Morgan fingerprint density at radius 2 is 2.24 bits per heavy atom. The number of ether oxygens (including phenoxy) is 1. The smallest absolute Gasteiger partial charge is 0.180 e. The molecule has 1 fully saturated rings. The van der Waals surface area contributed by atoms with Crippen LogP contribution in [0.1, 0.15) is 49.9 Å². The highest BCUT2D eigenvalue weighted by molar-refractivity contribution is 6.01. The summed E-state index contributed by atoms with van der Waals surface area (Å²) in [6.07, 6.45) is 4.44. The number of nitrogens with two attached hydrogens (primary N) is 1. The monoisotopic (exact) mass is 290 g/mol. The molecule has 0 aromatic heterocycles. The molecular formula is C17H26N2O2. The van der Waals surface area contributed by atoms with E-state index in [1.54, 1.807) is 19.2 Å². The highest BCUT2D eigenvalue weighted by Crippen LogP contribution is 2.26. The predicted octanol–water partition coefficient (Wildman–Crippen LogP) is 3.11. The second-order valence-corrected chi connectivity index (χ2v) is 5.83. The third-order valence-corrected chi connectivity index (χ3v) is 4.46. The number of hydrogen-bond acceptors (Lipinski definition) is 4. The zero-order chi connectivity index (χ0) is 15.4. The van der Waals surface area contributed by atoms with Gasteiger partial charge in [-0.1, -0.05) is 13.3 Å². The lowest BCUT2D eigenvalue weighted by Crippen LogP contribution is -2.48. The Morgan fingerprint density at radius 3 is 2.81 bits per heavy atom. The van der Waals surface area contributed by atoms with Crippen LogP contribution in [-0.2, 0) is 0 Å². The Morgan fingerprint density at radius 1 is 1.48 bits per heavy atom. The highest BCUT2D eigenvalue weighted by Gasteiger charge is 2.30. The minimum Gasteiger partial charge on any atom is -0.495 e. The molecule has 116 valence electrons. The van der Waals surface area contributed by atoms with Crippen molar-refractivity contribution >= 4 is 11.5 Å². The lowest BCUT2D eigenvalue weighted by Gasteiger charge is -2.38. The van der Waals surface area contributed by atoms with Crippen LogP contribution in [0.4, 0.5) is 5.69 Å². The van der Waals surface area contributed by atoms with Crippen molar-refractivity contribution in [2.24, 2.45) is 0 Å². The van der Waals surface area contributed by atoms with Gasteiger partial charge < -0.3 is 10.5 Å². The summed E-state index contributed by atoms with van der Waals surface area (Å²) in [7, 11) is 1.58. The van der Waals surface area contributed by atoms with Crippen molar-refractivity contribution in [1.82, 2.24) is 4.90 Å². The standard InChI is InChI=1S/C17H26N2O2/c1-4-15(19-10-6-5-7-12(19)2)17(20)13-8-9-16(21-3)14(18)11-13/h8-9,11-12,15H,4-7,10,18H2,1-3H3. The van der Waals surface area contributed by atoms with Crippen molar-refractivity contribution in [1.29, 1.82) is 0 Å². The Bertz CT molecular complexity index is 502. The van der Waals surface area contributed by atoms with Crippen LogP contribution in [0.15, 0.2) is 18.2 Å². The van der Waals surface area contributed by atoms with Gasteiger partial charge in [-0.15, -0.1) is 0 Å². The maximum Gasteiger partial charge on any atom is 0.180 e. The number of rotatable bonds is 5. The van der Waals surface area contributed by atoms with E-state index in [9.17, 15) is 4.79 Å².